The number of carbonyl (C=O) groups excluding carboxylic acids is 2. The van der Waals surface area contributed by atoms with Gasteiger partial charge in [-0.3, -0.25) is 9.52 Å². The fourth-order valence-corrected chi connectivity index (χ4v) is 9.01. The molecule has 298 valence electrons. The van der Waals surface area contributed by atoms with Crippen molar-refractivity contribution in [3.05, 3.63) is 58.7 Å². The molecule has 1 aliphatic carbocycles. The van der Waals surface area contributed by atoms with E-state index >= 15 is 0 Å². The van der Waals surface area contributed by atoms with Crippen LogP contribution in [0.1, 0.15) is 99.2 Å². The number of benzene rings is 2. The second-order valence-electron chi connectivity index (χ2n) is 15.0. The van der Waals surface area contributed by atoms with Gasteiger partial charge < -0.3 is 34.3 Å². The third-order valence-electron chi connectivity index (χ3n) is 11.1. The van der Waals surface area contributed by atoms with E-state index in [1.807, 2.05) is 40.1 Å². The predicted molar refractivity (Wildman–Crippen MR) is 215 cm³/mol. The monoisotopic (exact) mass is 757 g/mol. The van der Waals surface area contributed by atoms with Crippen molar-refractivity contribution in [1.82, 2.24) is 9.62 Å². The van der Waals surface area contributed by atoms with Crippen molar-refractivity contribution in [2.45, 2.75) is 96.8 Å². The number of fused-ring (bicyclic) bond motifs is 2. The number of hydrogen-bond acceptors (Lipinski definition) is 9. The molecule has 53 heavy (non-hydrogen) atoms. The fraction of sp³-hybridized carbons (Fsp3) is 0.667. The van der Waals surface area contributed by atoms with Gasteiger partial charge in [0.25, 0.3) is 5.91 Å². The lowest BCUT2D eigenvalue weighted by molar-refractivity contribution is -0.115. The van der Waals surface area contributed by atoms with E-state index in [4.69, 9.17) is 19.7 Å². The zero-order valence-electron chi connectivity index (χ0n) is 33.5. The number of anilines is 1. The Morgan fingerprint density at radius 2 is 1.81 bits per heavy atom. The summed E-state index contributed by atoms with van der Waals surface area (Å²) in [6.45, 7) is 12.9. The maximum Gasteiger partial charge on any atom is 0.263 e. The van der Waals surface area contributed by atoms with Crippen molar-refractivity contribution < 1.29 is 33.5 Å². The first-order valence-electron chi connectivity index (χ1n) is 19.7. The highest BCUT2D eigenvalue weighted by atomic mass is 32.2. The van der Waals surface area contributed by atoms with Gasteiger partial charge >= 0.3 is 0 Å². The van der Waals surface area contributed by atoms with Crippen LogP contribution in [0.3, 0.4) is 0 Å². The zero-order valence-corrected chi connectivity index (χ0v) is 34.3. The summed E-state index contributed by atoms with van der Waals surface area (Å²) in [5, 5.41) is 16.7. The van der Waals surface area contributed by atoms with E-state index in [9.17, 15) is 13.8 Å². The topological polar surface area (TPSA) is 129 Å². The molecule has 2 aliphatic heterocycles. The molecule has 0 aromatic heterocycles. The van der Waals surface area contributed by atoms with Crippen LogP contribution >= 0.6 is 0 Å². The summed E-state index contributed by atoms with van der Waals surface area (Å²) in [5.74, 6) is 1.45. The molecule has 1 fully saturated rings. The number of aryl methyl sites for hydroxylation is 2. The molecule has 2 bridgehead atoms. The van der Waals surface area contributed by atoms with Crippen molar-refractivity contribution in [2.24, 2.45) is 23.7 Å². The second kappa shape index (κ2) is 22.5. The highest BCUT2D eigenvalue weighted by Crippen LogP contribution is 2.44. The van der Waals surface area contributed by atoms with E-state index in [0.29, 0.717) is 30.6 Å². The maximum absolute atomic E-state index is 13.4. The normalized spacial score (nSPS) is 26.0. The van der Waals surface area contributed by atoms with Gasteiger partial charge in [-0.15, -0.1) is 0 Å². The molecule has 3 aliphatic rings. The van der Waals surface area contributed by atoms with Gasteiger partial charge in [-0.2, -0.15) is 0 Å². The van der Waals surface area contributed by atoms with Crippen molar-refractivity contribution in [3.63, 3.8) is 0 Å². The van der Waals surface area contributed by atoms with Gasteiger partial charge in [0.1, 0.15) is 23.0 Å². The molecule has 0 spiro atoms. The van der Waals surface area contributed by atoms with Crippen molar-refractivity contribution in [2.75, 3.05) is 65.6 Å². The number of methoxy groups -OCH3 is 1. The van der Waals surface area contributed by atoms with Crippen molar-refractivity contribution in [3.8, 4) is 5.75 Å². The third-order valence-corrected chi connectivity index (χ3v) is 12.7. The Morgan fingerprint density at radius 1 is 1.08 bits per heavy atom. The highest BCUT2D eigenvalue weighted by Gasteiger charge is 2.39. The van der Waals surface area contributed by atoms with Gasteiger partial charge in [-0.25, -0.2) is 4.21 Å². The first-order valence-corrected chi connectivity index (χ1v) is 20.9. The Labute approximate surface area is 321 Å². The summed E-state index contributed by atoms with van der Waals surface area (Å²) in [6.07, 6.45) is 8.01. The van der Waals surface area contributed by atoms with Crippen LogP contribution in [0.5, 0.6) is 5.75 Å². The minimum absolute atomic E-state index is 0.0174. The summed E-state index contributed by atoms with van der Waals surface area (Å²) in [6, 6.07) is 12.2. The lowest BCUT2D eigenvalue weighted by Gasteiger charge is -2.43. The smallest absolute Gasteiger partial charge is 0.263 e. The number of aliphatic hydroxyl groups is 2. The molecular weight excluding hydrogens is 691 g/mol. The average Bonchev–Trinajstić information content (AvgIpc) is 3.32. The Bertz CT molecular complexity index is 1450. The van der Waals surface area contributed by atoms with Crippen LogP contribution in [0, 0.1) is 30.6 Å². The number of rotatable bonds is 9. The number of aldehydes is 1. The van der Waals surface area contributed by atoms with Gasteiger partial charge in [-0.1, -0.05) is 64.3 Å². The van der Waals surface area contributed by atoms with E-state index in [2.05, 4.69) is 48.6 Å². The van der Waals surface area contributed by atoms with Gasteiger partial charge in [0, 0.05) is 37.6 Å². The van der Waals surface area contributed by atoms with E-state index in [-0.39, 0.29) is 48.2 Å². The first kappa shape index (κ1) is 44.6. The largest absolute Gasteiger partial charge is 0.491 e. The number of aliphatic hydroxyl groups excluding tert-OH is 2. The molecule has 1 amide bonds. The van der Waals surface area contributed by atoms with Crippen LogP contribution in [-0.2, 0) is 26.9 Å². The quantitative estimate of drug-likeness (QED) is 0.267. The van der Waals surface area contributed by atoms with E-state index in [1.54, 1.807) is 18.1 Å². The molecule has 1 saturated carbocycles. The second-order valence-corrected chi connectivity index (χ2v) is 16.4. The molecule has 11 heteroatoms. The highest BCUT2D eigenvalue weighted by molar-refractivity contribution is 7.84. The predicted octanol–water partition coefficient (Wildman–Crippen LogP) is 5.93. The number of hydrogen-bond donors (Lipinski definition) is 3. The molecule has 5 rings (SSSR count). The number of carbonyl (C=O) groups is 2. The molecular formula is C42H67N3O7S. The van der Waals surface area contributed by atoms with E-state index in [1.165, 1.54) is 23.0 Å². The van der Waals surface area contributed by atoms with E-state index < -0.39 is 11.0 Å². The van der Waals surface area contributed by atoms with Crippen LogP contribution in [0.2, 0.25) is 0 Å². The standard InChI is InChI=1S/C35H48N2O5S.C5H13NO2.C2H6/c1-5-7-25-16-23(2)10-13-30(25)29-19-37-18-27-11-14-31(27)28(20-38)9-6-8-24(3)34(22-41-4)43(40)36-35(39)26-12-15-33(42-21-29)32(37)17-26;1-6(2)5(3-7)4-8;1-2/h10,12-13,15-17,20,24,27-29,31,34H,5-9,11,14,18-19,21-22H2,1-4H3,(H,36,39);5,7-8H,3-4H2,1-2H3;1-2H3. The number of nitrogens with zero attached hydrogens (tertiary/aromatic N) is 2. The van der Waals surface area contributed by atoms with Gasteiger partial charge in [0.05, 0.1) is 43.4 Å². The van der Waals surface area contributed by atoms with Gasteiger partial charge in [0.2, 0.25) is 0 Å². The summed E-state index contributed by atoms with van der Waals surface area (Å²) < 4.78 is 28.1. The number of amides is 1. The molecule has 0 radical (unpaired) electrons. The Hall–Kier alpha value is -2.83. The maximum atomic E-state index is 13.4. The molecule has 3 N–H and O–H groups in total. The SMILES string of the molecule is CC.CCCc1cc(C)ccc1C1COc2ccc3cc2N(C1)CC1CCC1C(C=O)CCCC(C)C(COC)S(=O)NC3=O.CN(C)C(CO)CO. The van der Waals surface area contributed by atoms with Crippen LogP contribution in [0.25, 0.3) is 0 Å². The number of ether oxygens (including phenoxy) is 2. The lowest BCUT2D eigenvalue weighted by atomic mass is 9.66. The van der Waals surface area contributed by atoms with Crippen molar-refractivity contribution in [1.29, 1.82) is 0 Å². The minimum atomic E-state index is -1.61. The van der Waals surface area contributed by atoms with Crippen LogP contribution < -0.4 is 14.4 Å². The minimum Gasteiger partial charge on any atom is -0.491 e. The molecule has 2 heterocycles. The molecule has 10 nitrogen and oxygen atoms in total. The van der Waals surface area contributed by atoms with Crippen molar-refractivity contribution >= 4 is 28.9 Å². The number of nitrogens with one attached hydrogen (secondary N) is 1. The zero-order chi connectivity index (χ0) is 39.1. The summed E-state index contributed by atoms with van der Waals surface area (Å²) in [4.78, 5) is 30.0. The Balaban J connectivity index is 0.000000670. The van der Waals surface area contributed by atoms with Gasteiger partial charge in [0.15, 0.2) is 0 Å². The molecule has 0 saturated heterocycles. The number of likely N-dealkylation sites (N-methyl/N-ethyl adjacent to an activating group) is 1. The lowest BCUT2D eigenvalue weighted by Crippen LogP contribution is -2.43. The van der Waals surface area contributed by atoms with E-state index in [0.717, 1.165) is 69.5 Å². The average molecular weight is 758 g/mol. The summed E-state index contributed by atoms with van der Waals surface area (Å²) >= 11 is 0. The van der Waals surface area contributed by atoms with Crippen LogP contribution in [0.4, 0.5) is 5.69 Å². The Kier molecular flexibility index (Phi) is 18.9. The van der Waals surface area contributed by atoms with Crippen LogP contribution in [-0.4, -0.2) is 104 Å². The molecule has 7 atom stereocenters. The molecule has 7 unspecified atom stereocenters. The molecule has 2 aromatic rings. The summed E-state index contributed by atoms with van der Waals surface area (Å²) in [7, 11) is 3.62. The Morgan fingerprint density at radius 3 is 2.40 bits per heavy atom. The van der Waals surface area contributed by atoms with Crippen LogP contribution in [0.15, 0.2) is 36.4 Å². The third kappa shape index (κ3) is 12.1. The summed E-state index contributed by atoms with van der Waals surface area (Å²) in [5.41, 5.74) is 5.33. The molecule has 2 aromatic carbocycles. The first-order chi connectivity index (χ1) is 25.5. The van der Waals surface area contributed by atoms with Gasteiger partial charge in [-0.05, 0) is 100 Å². The fourth-order valence-electron chi connectivity index (χ4n) is 7.74.